The van der Waals surface area contributed by atoms with Crippen LogP contribution >= 0.6 is 27.3 Å². The number of para-hydroxylation sites is 1. The number of carbonyl (C=O) groups is 2. The summed E-state index contributed by atoms with van der Waals surface area (Å²) in [6.45, 7) is 7.73. The molecule has 0 bridgehead atoms. The summed E-state index contributed by atoms with van der Waals surface area (Å²) < 4.78 is 20.6. The Labute approximate surface area is 254 Å². The zero-order chi connectivity index (χ0) is 30.1. The fourth-order valence-electron chi connectivity index (χ4n) is 5.27. The number of ether oxygens (including phenoxy) is 3. The van der Waals surface area contributed by atoms with E-state index in [1.165, 1.54) is 11.3 Å². The lowest BCUT2D eigenvalue weighted by molar-refractivity contribution is -0.143. The van der Waals surface area contributed by atoms with Crippen molar-refractivity contribution in [2.75, 3.05) is 20.3 Å². The maximum Gasteiger partial charge on any atom is 0.338 e. The molecule has 5 rings (SSSR count). The fraction of sp³-hybridized carbons (Fsp3) is 0.290. The molecule has 42 heavy (non-hydrogen) atoms. The summed E-state index contributed by atoms with van der Waals surface area (Å²) in [5, 5.41) is 0.907. The number of halogens is 1. The number of carbonyl (C=O) groups excluding carboxylic acids is 2. The van der Waals surface area contributed by atoms with Gasteiger partial charge in [-0.1, -0.05) is 35.6 Å². The molecule has 1 aliphatic heterocycles. The number of fused-ring (bicyclic) bond motifs is 2. The van der Waals surface area contributed by atoms with Crippen LogP contribution in [0, 0.1) is 6.92 Å². The lowest BCUT2D eigenvalue weighted by Gasteiger charge is -2.25. The molecular weight excluding hydrogens is 622 g/mol. The number of hydrogen-bond donors (Lipinski definition) is 0. The molecule has 4 aromatic rings. The van der Waals surface area contributed by atoms with E-state index in [9.17, 15) is 14.4 Å². The van der Waals surface area contributed by atoms with Crippen LogP contribution in [-0.4, -0.2) is 41.4 Å². The van der Waals surface area contributed by atoms with E-state index in [4.69, 9.17) is 14.2 Å². The first kappa shape index (κ1) is 29.5. The predicted molar refractivity (Wildman–Crippen MR) is 164 cm³/mol. The van der Waals surface area contributed by atoms with Crippen molar-refractivity contribution in [3.63, 3.8) is 0 Å². The summed E-state index contributed by atoms with van der Waals surface area (Å²) in [5.41, 5.74) is 3.72. The minimum absolute atomic E-state index is 0.0592. The smallest absolute Gasteiger partial charge is 0.338 e. The molecule has 0 aliphatic carbocycles. The number of esters is 2. The molecule has 0 saturated heterocycles. The summed E-state index contributed by atoms with van der Waals surface area (Å²) in [6, 6.07) is 12.4. The number of nitrogens with zero attached hydrogens (tertiary/aromatic N) is 3. The molecule has 1 atom stereocenters. The summed E-state index contributed by atoms with van der Waals surface area (Å²) in [5.74, 6) is -0.234. The number of aromatic nitrogens is 2. The molecule has 0 radical (unpaired) electrons. The normalized spacial score (nSPS) is 15.0. The largest absolute Gasteiger partial charge is 0.496 e. The molecule has 0 amide bonds. The van der Waals surface area contributed by atoms with Crippen LogP contribution in [-0.2, 0) is 25.6 Å². The van der Waals surface area contributed by atoms with Crippen LogP contribution in [0.3, 0.4) is 0 Å². The van der Waals surface area contributed by atoms with Crippen molar-refractivity contribution in [2.24, 2.45) is 4.99 Å². The fourth-order valence-corrected chi connectivity index (χ4v) is 6.86. The molecule has 9 nitrogen and oxygen atoms in total. The number of rotatable bonds is 8. The second-order valence-corrected chi connectivity index (χ2v) is 11.5. The van der Waals surface area contributed by atoms with Crippen LogP contribution in [0.15, 0.2) is 68.0 Å². The van der Waals surface area contributed by atoms with Crippen LogP contribution in [0.5, 0.6) is 5.75 Å². The SMILES string of the molecule is CCOC(=O)Cn1c(C)c(/C=c2\sc3n(c2=O)[C@@H](c2ccc(OC)c(Br)c2)C(C(=O)OCC)=C(C)N=3)c2ccccc21. The van der Waals surface area contributed by atoms with Crippen LogP contribution < -0.4 is 19.6 Å². The van der Waals surface area contributed by atoms with E-state index in [-0.39, 0.29) is 24.7 Å². The lowest BCUT2D eigenvalue weighted by atomic mass is 9.96. The minimum atomic E-state index is -0.754. The van der Waals surface area contributed by atoms with Crippen molar-refractivity contribution in [1.82, 2.24) is 9.13 Å². The molecule has 2 aromatic heterocycles. The van der Waals surface area contributed by atoms with E-state index in [0.717, 1.165) is 22.2 Å². The molecule has 2 aromatic carbocycles. The Bertz CT molecular complexity index is 1930. The summed E-state index contributed by atoms with van der Waals surface area (Å²) in [7, 11) is 1.57. The molecule has 3 heterocycles. The van der Waals surface area contributed by atoms with Gasteiger partial charge in [-0.15, -0.1) is 0 Å². The van der Waals surface area contributed by atoms with Crippen LogP contribution in [0.2, 0.25) is 0 Å². The van der Waals surface area contributed by atoms with Gasteiger partial charge in [0.1, 0.15) is 12.3 Å². The van der Waals surface area contributed by atoms with E-state index in [1.807, 2.05) is 54.0 Å². The second kappa shape index (κ2) is 12.1. The van der Waals surface area contributed by atoms with Gasteiger partial charge in [0.15, 0.2) is 4.80 Å². The first-order valence-corrected chi connectivity index (χ1v) is 15.1. The Hall–Kier alpha value is -3.96. The highest BCUT2D eigenvalue weighted by Gasteiger charge is 2.33. The van der Waals surface area contributed by atoms with Gasteiger partial charge in [0.05, 0.1) is 46.6 Å². The summed E-state index contributed by atoms with van der Waals surface area (Å²) >= 11 is 4.79. The highest BCUT2D eigenvalue weighted by molar-refractivity contribution is 9.10. The minimum Gasteiger partial charge on any atom is -0.496 e. The van der Waals surface area contributed by atoms with Gasteiger partial charge in [-0.05, 0) is 73.5 Å². The maximum absolute atomic E-state index is 14.1. The standard InChI is InChI=1S/C31H30BrN3O6S/c1-6-40-26(36)16-34-18(4)21(20-10-8-9-11-23(20)34)15-25-29(37)35-28(19-12-13-24(39-5)22(32)14-19)27(30(38)41-7-2)17(3)33-31(35)42-25/h8-15,28H,6-7,16H2,1-5H3/b25-15-/t28-/m0/s1. The average Bonchev–Trinajstić information content (AvgIpc) is 3.41. The number of hydrogen-bond acceptors (Lipinski definition) is 8. The summed E-state index contributed by atoms with van der Waals surface area (Å²) in [6.07, 6.45) is 1.84. The Morgan fingerprint density at radius 1 is 1.10 bits per heavy atom. The van der Waals surface area contributed by atoms with Gasteiger partial charge >= 0.3 is 11.9 Å². The molecular formula is C31H30BrN3O6S. The van der Waals surface area contributed by atoms with Gasteiger partial charge in [0.25, 0.3) is 5.56 Å². The highest BCUT2D eigenvalue weighted by Crippen LogP contribution is 2.35. The van der Waals surface area contributed by atoms with Crippen molar-refractivity contribution < 1.29 is 23.8 Å². The highest BCUT2D eigenvalue weighted by atomic mass is 79.9. The topological polar surface area (TPSA) is 101 Å². The van der Waals surface area contributed by atoms with Crippen molar-refractivity contribution in [2.45, 2.75) is 40.3 Å². The molecule has 218 valence electrons. The number of methoxy groups -OCH3 is 1. The third-order valence-corrected chi connectivity index (χ3v) is 8.76. The zero-order valence-electron chi connectivity index (χ0n) is 23.9. The molecule has 0 fully saturated rings. The quantitative estimate of drug-likeness (QED) is 0.262. The molecule has 11 heteroatoms. The van der Waals surface area contributed by atoms with Gasteiger partial charge in [0, 0.05) is 22.2 Å². The Kier molecular flexibility index (Phi) is 8.51. The zero-order valence-corrected chi connectivity index (χ0v) is 26.3. The second-order valence-electron chi connectivity index (χ2n) is 9.60. The average molecular weight is 653 g/mol. The van der Waals surface area contributed by atoms with Gasteiger partial charge in [-0.25, -0.2) is 9.79 Å². The van der Waals surface area contributed by atoms with E-state index in [0.29, 0.717) is 43.0 Å². The van der Waals surface area contributed by atoms with Crippen LogP contribution in [0.4, 0.5) is 0 Å². The predicted octanol–water partition coefficient (Wildman–Crippen LogP) is 4.40. The van der Waals surface area contributed by atoms with E-state index in [1.54, 1.807) is 38.5 Å². The third kappa shape index (κ3) is 5.22. The molecule has 0 saturated carbocycles. The van der Waals surface area contributed by atoms with Crippen molar-refractivity contribution in [3.8, 4) is 5.75 Å². The lowest BCUT2D eigenvalue weighted by Crippen LogP contribution is -2.40. The van der Waals surface area contributed by atoms with E-state index < -0.39 is 12.0 Å². The Morgan fingerprint density at radius 2 is 1.83 bits per heavy atom. The van der Waals surface area contributed by atoms with Crippen molar-refractivity contribution >= 4 is 56.2 Å². The first-order valence-electron chi connectivity index (χ1n) is 13.5. The number of thiazole rings is 1. The molecule has 0 unspecified atom stereocenters. The van der Waals surface area contributed by atoms with E-state index in [2.05, 4.69) is 20.9 Å². The van der Waals surface area contributed by atoms with Crippen molar-refractivity contribution in [3.05, 3.63) is 94.7 Å². The maximum atomic E-state index is 14.1. The Balaban J connectivity index is 1.73. The van der Waals surface area contributed by atoms with Crippen LogP contribution in [0.1, 0.15) is 43.6 Å². The van der Waals surface area contributed by atoms with E-state index >= 15 is 0 Å². The summed E-state index contributed by atoms with van der Waals surface area (Å²) in [4.78, 5) is 44.9. The number of benzene rings is 2. The van der Waals surface area contributed by atoms with Gasteiger partial charge in [-0.3, -0.25) is 14.2 Å². The van der Waals surface area contributed by atoms with Gasteiger partial charge in [-0.2, -0.15) is 0 Å². The number of allylic oxidation sites excluding steroid dienone is 1. The van der Waals surface area contributed by atoms with Gasteiger partial charge < -0.3 is 18.8 Å². The molecule has 0 spiro atoms. The monoisotopic (exact) mass is 651 g/mol. The van der Waals surface area contributed by atoms with Gasteiger partial charge in [0.2, 0.25) is 0 Å². The van der Waals surface area contributed by atoms with Crippen molar-refractivity contribution in [1.29, 1.82) is 0 Å². The molecule has 0 N–H and O–H groups in total. The van der Waals surface area contributed by atoms with Crippen LogP contribution in [0.25, 0.3) is 17.0 Å². The first-order chi connectivity index (χ1) is 20.2. The third-order valence-electron chi connectivity index (χ3n) is 7.16. The Morgan fingerprint density at radius 3 is 2.52 bits per heavy atom. The molecule has 1 aliphatic rings.